The first-order valence-corrected chi connectivity index (χ1v) is 7.00. The van der Waals surface area contributed by atoms with Gasteiger partial charge < -0.3 is 14.8 Å². The minimum Gasteiger partial charge on any atom is -0.454 e. The Balaban J connectivity index is 1.81. The van der Waals surface area contributed by atoms with Crippen molar-refractivity contribution < 1.29 is 9.47 Å². The molecule has 1 aromatic carbocycles. The summed E-state index contributed by atoms with van der Waals surface area (Å²) < 4.78 is 10.6. The summed E-state index contributed by atoms with van der Waals surface area (Å²) in [5, 5.41) is 3.66. The van der Waals surface area contributed by atoms with Gasteiger partial charge in [-0.3, -0.25) is 10.9 Å². The highest BCUT2D eigenvalue weighted by molar-refractivity contribution is 7.80. The van der Waals surface area contributed by atoms with Crippen LogP contribution in [-0.4, -0.2) is 18.5 Å². The second-order valence-corrected chi connectivity index (χ2v) is 4.81. The molecule has 0 saturated heterocycles. The molecule has 0 atom stereocenters. The zero-order valence-electron chi connectivity index (χ0n) is 11.5. The molecule has 1 heterocycles. The monoisotopic (exact) mass is 293 g/mol. The number of benzene rings is 1. The molecule has 1 aromatic rings. The second-order valence-electron chi connectivity index (χ2n) is 4.41. The number of fused-ring (bicyclic) bond motifs is 1. The molecular formula is C14H19N3O2S. The maximum absolute atomic E-state index is 5.33. The fraction of sp³-hybridized carbons (Fsp3) is 0.357. The molecule has 0 unspecified atom stereocenters. The van der Waals surface area contributed by atoms with E-state index in [9.17, 15) is 0 Å². The van der Waals surface area contributed by atoms with Gasteiger partial charge in [0, 0.05) is 12.1 Å². The van der Waals surface area contributed by atoms with Crippen molar-refractivity contribution in [3.8, 4) is 11.5 Å². The molecule has 0 bridgehead atoms. The lowest BCUT2D eigenvalue weighted by atomic mass is 10.1. The average molecular weight is 293 g/mol. The van der Waals surface area contributed by atoms with E-state index in [4.69, 9.17) is 21.7 Å². The third kappa shape index (κ3) is 3.77. The number of hydrogen-bond donors (Lipinski definition) is 3. The topological polar surface area (TPSA) is 54.5 Å². The van der Waals surface area contributed by atoms with Crippen molar-refractivity contribution in [3.05, 3.63) is 30.3 Å². The number of unbranched alkanes of at least 4 members (excludes halogenated alkanes) is 1. The predicted molar refractivity (Wildman–Crippen MR) is 83.4 cm³/mol. The Morgan fingerprint density at radius 2 is 2.10 bits per heavy atom. The Labute approximate surface area is 124 Å². The molecule has 2 rings (SSSR count). The second kappa shape index (κ2) is 7.00. The van der Waals surface area contributed by atoms with Gasteiger partial charge in [-0.15, -0.1) is 0 Å². The number of hydrogen-bond acceptors (Lipinski definition) is 4. The quantitative estimate of drug-likeness (QED) is 0.424. The molecule has 0 aliphatic carbocycles. The Kier molecular flexibility index (Phi) is 5.06. The first kappa shape index (κ1) is 14.5. The lowest BCUT2D eigenvalue weighted by molar-refractivity contribution is 0.174. The van der Waals surface area contributed by atoms with E-state index >= 15 is 0 Å². The molecular weight excluding hydrogens is 274 g/mol. The Hall–Kier alpha value is -1.95. The van der Waals surface area contributed by atoms with Gasteiger partial charge in [-0.1, -0.05) is 19.9 Å². The van der Waals surface area contributed by atoms with Crippen LogP contribution in [0.3, 0.4) is 0 Å². The lowest BCUT2D eigenvalue weighted by Crippen LogP contribution is -2.43. The van der Waals surface area contributed by atoms with E-state index in [0.717, 1.165) is 36.4 Å². The van der Waals surface area contributed by atoms with Gasteiger partial charge >= 0.3 is 0 Å². The van der Waals surface area contributed by atoms with Crippen LogP contribution >= 0.6 is 12.2 Å². The van der Waals surface area contributed by atoms with Crippen molar-refractivity contribution in [2.75, 3.05) is 13.3 Å². The van der Waals surface area contributed by atoms with Gasteiger partial charge in [-0.25, -0.2) is 0 Å². The van der Waals surface area contributed by atoms with Crippen molar-refractivity contribution >= 4 is 23.0 Å². The molecule has 108 valence electrons. The summed E-state index contributed by atoms with van der Waals surface area (Å²) in [5.41, 5.74) is 7.50. The van der Waals surface area contributed by atoms with Gasteiger partial charge in [0.15, 0.2) is 16.6 Å². The van der Waals surface area contributed by atoms with Gasteiger partial charge in [0.2, 0.25) is 6.79 Å². The summed E-state index contributed by atoms with van der Waals surface area (Å²) in [7, 11) is 0. The van der Waals surface area contributed by atoms with Crippen molar-refractivity contribution in [2.45, 2.75) is 19.8 Å². The van der Waals surface area contributed by atoms with E-state index in [-0.39, 0.29) is 6.79 Å². The summed E-state index contributed by atoms with van der Waals surface area (Å²) in [4.78, 5) is 0. The smallest absolute Gasteiger partial charge is 0.231 e. The van der Waals surface area contributed by atoms with E-state index < -0.39 is 0 Å². The van der Waals surface area contributed by atoms with Crippen molar-refractivity contribution in [1.29, 1.82) is 0 Å². The maximum atomic E-state index is 5.33. The molecule has 0 aromatic heterocycles. The summed E-state index contributed by atoms with van der Waals surface area (Å²) >= 11 is 5.14. The number of ether oxygens (including phenoxy) is 2. The summed E-state index contributed by atoms with van der Waals surface area (Å²) in [6.45, 7) is 7.23. The number of rotatable bonds is 6. The number of thiocarbonyl (C=S) groups is 1. The van der Waals surface area contributed by atoms with Crippen LogP contribution in [0.25, 0.3) is 5.70 Å². The fourth-order valence-electron chi connectivity index (χ4n) is 1.71. The Morgan fingerprint density at radius 1 is 1.30 bits per heavy atom. The van der Waals surface area contributed by atoms with E-state index in [2.05, 4.69) is 29.7 Å². The number of nitrogens with one attached hydrogen (secondary N) is 3. The first-order valence-electron chi connectivity index (χ1n) is 6.59. The highest BCUT2D eigenvalue weighted by Gasteiger charge is 2.14. The van der Waals surface area contributed by atoms with Crippen LogP contribution in [0, 0.1) is 0 Å². The highest BCUT2D eigenvalue weighted by Crippen LogP contribution is 2.33. The van der Waals surface area contributed by atoms with E-state index in [0.29, 0.717) is 10.8 Å². The van der Waals surface area contributed by atoms with Crippen LogP contribution in [0.15, 0.2) is 24.8 Å². The normalized spacial score (nSPS) is 11.8. The minimum absolute atomic E-state index is 0.266. The molecule has 0 amide bonds. The maximum Gasteiger partial charge on any atom is 0.231 e. The largest absolute Gasteiger partial charge is 0.454 e. The summed E-state index contributed by atoms with van der Waals surface area (Å²) in [5.74, 6) is 1.49. The van der Waals surface area contributed by atoms with Crippen molar-refractivity contribution in [1.82, 2.24) is 16.2 Å². The molecule has 5 nitrogen and oxygen atoms in total. The Bertz CT molecular complexity index is 505. The number of hydrazine groups is 1. The summed E-state index contributed by atoms with van der Waals surface area (Å²) in [6, 6.07) is 5.66. The standard InChI is InChI=1S/C14H19N3O2S/c1-3-4-7-15-14(20)17-16-10(2)11-5-6-12-13(8-11)19-9-18-12/h5-6,8,16H,2-4,7,9H2,1H3,(H2,15,17,20). The molecule has 3 N–H and O–H groups in total. The van der Waals surface area contributed by atoms with Gasteiger partial charge in [0.25, 0.3) is 0 Å². The average Bonchev–Trinajstić information content (AvgIpc) is 2.92. The fourth-order valence-corrected chi connectivity index (χ4v) is 1.86. The molecule has 20 heavy (non-hydrogen) atoms. The van der Waals surface area contributed by atoms with Crippen LogP contribution in [0.5, 0.6) is 11.5 Å². The molecule has 1 aliphatic rings. The third-order valence-electron chi connectivity index (χ3n) is 2.86. The van der Waals surface area contributed by atoms with E-state index in [1.54, 1.807) is 0 Å². The molecule has 1 aliphatic heterocycles. The van der Waals surface area contributed by atoms with Crippen LogP contribution < -0.4 is 25.6 Å². The molecule has 0 radical (unpaired) electrons. The molecule has 0 spiro atoms. The SMILES string of the molecule is C=C(NNC(=S)NCCCC)c1ccc2c(c1)OCO2. The van der Waals surface area contributed by atoms with E-state index in [1.807, 2.05) is 18.2 Å². The van der Waals surface area contributed by atoms with Gasteiger partial charge in [-0.2, -0.15) is 0 Å². The van der Waals surface area contributed by atoms with Crippen molar-refractivity contribution in [3.63, 3.8) is 0 Å². The van der Waals surface area contributed by atoms with Crippen LogP contribution in [0.2, 0.25) is 0 Å². The minimum atomic E-state index is 0.266. The predicted octanol–water partition coefficient (Wildman–Crippen LogP) is 2.15. The van der Waals surface area contributed by atoms with Gasteiger partial charge in [0.05, 0.1) is 5.70 Å². The lowest BCUT2D eigenvalue weighted by Gasteiger charge is -2.14. The molecule has 6 heteroatoms. The van der Waals surface area contributed by atoms with Gasteiger partial charge in [-0.05, 0) is 36.8 Å². The zero-order chi connectivity index (χ0) is 14.4. The van der Waals surface area contributed by atoms with Gasteiger partial charge in [0.1, 0.15) is 0 Å². The summed E-state index contributed by atoms with van der Waals surface area (Å²) in [6.07, 6.45) is 2.22. The third-order valence-corrected chi connectivity index (χ3v) is 3.11. The zero-order valence-corrected chi connectivity index (χ0v) is 12.3. The van der Waals surface area contributed by atoms with Crippen LogP contribution in [0.1, 0.15) is 25.3 Å². The highest BCUT2D eigenvalue weighted by atomic mass is 32.1. The molecule has 0 fully saturated rings. The van der Waals surface area contributed by atoms with Crippen molar-refractivity contribution in [2.24, 2.45) is 0 Å². The first-order chi connectivity index (χ1) is 9.70. The van der Waals surface area contributed by atoms with Crippen LogP contribution in [0.4, 0.5) is 0 Å². The Morgan fingerprint density at radius 3 is 2.90 bits per heavy atom. The van der Waals surface area contributed by atoms with E-state index in [1.165, 1.54) is 0 Å². The molecule has 0 saturated carbocycles. The van der Waals surface area contributed by atoms with Crippen LogP contribution in [-0.2, 0) is 0 Å².